The molecule has 0 bridgehead atoms. The second-order valence-electron chi connectivity index (χ2n) is 8.93. The zero-order valence-corrected chi connectivity index (χ0v) is 21.5. The van der Waals surface area contributed by atoms with Crippen molar-refractivity contribution in [2.24, 2.45) is 11.7 Å². The first-order valence-corrected chi connectivity index (χ1v) is 13.1. The van der Waals surface area contributed by atoms with E-state index < -0.39 is 5.92 Å². The highest BCUT2D eigenvalue weighted by Crippen LogP contribution is 2.31. The van der Waals surface area contributed by atoms with Gasteiger partial charge in [-0.15, -0.1) is 10.2 Å². The third-order valence-electron chi connectivity index (χ3n) is 6.75. The van der Waals surface area contributed by atoms with Gasteiger partial charge >= 0.3 is 0 Å². The van der Waals surface area contributed by atoms with Crippen LogP contribution in [-0.4, -0.2) is 28.6 Å². The zero-order valence-electron chi connectivity index (χ0n) is 20.0. The number of carbonyl (C=O) groups excluding carboxylic acids is 2. The van der Waals surface area contributed by atoms with Crippen LogP contribution in [0.15, 0.2) is 48.5 Å². The van der Waals surface area contributed by atoms with Crippen LogP contribution in [0.5, 0.6) is 0 Å². The SMILES string of the molecule is CCC(N)(CC)c1ccc(N2CC(C(=O)Nc3nnc(CCc4ccc(Cl)cc4)s3)CC2=O)cc1. The summed E-state index contributed by atoms with van der Waals surface area (Å²) in [6.07, 6.45) is 3.37. The second kappa shape index (κ2) is 10.8. The van der Waals surface area contributed by atoms with Crippen molar-refractivity contribution in [3.05, 3.63) is 69.7 Å². The largest absolute Gasteiger partial charge is 0.321 e. The normalized spacial score (nSPS) is 16.1. The number of nitrogens with one attached hydrogen (secondary N) is 1. The van der Waals surface area contributed by atoms with Gasteiger partial charge in [0.15, 0.2) is 0 Å². The standard InChI is InChI=1S/C26H30ClN5O2S/c1-3-26(28,4-2)19-8-12-21(13-9-19)32-16-18(15-23(32)33)24(34)29-25-31-30-22(35-25)14-7-17-5-10-20(27)11-6-17/h5-6,8-13,18H,3-4,7,14-16,28H2,1-2H3,(H,29,31,34). The van der Waals surface area contributed by atoms with Gasteiger partial charge in [-0.3, -0.25) is 9.59 Å². The van der Waals surface area contributed by atoms with Gasteiger partial charge in [0.1, 0.15) is 5.01 Å². The molecule has 1 aliphatic rings. The van der Waals surface area contributed by atoms with Crippen LogP contribution in [0, 0.1) is 5.92 Å². The second-order valence-corrected chi connectivity index (χ2v) is 10.4. The number of amides is 2. The number of benzene rings is 2. The molecule has 2 heterocycles. The lowest BCUT2D eigenvalue weighted by molar-refractivity contribution is -0.122. The van der Waals surface area contributed by atoms with E-state index in [2.05, 4.69) is 29.4 Å². The van der Waals surface area contributed by atoms with Gasteiger partial charge in [-0.2, -0.15) is 0 Å². The zero-order chi connectivity index (χ0) is 25.0. The molecular weight excluding hydrogens is 482 g/mol. The van der Waals surface area contributed by atoms with Crippen molar-refractivity contribution in [1.82, 2.24) is 10.2 Å². The number of rotatable bonds is 9. The van der Waals surface area contributed by atoms with Gasteiger partial charge < -0.3 is 16.0 Å². The first-order chi connectivity index (χ1) is 16.8. The first kappa shape index (κ1) is 25.3. The predicted octanol–water partition coefficient (Wildman–Crippen LogP) is 4.94. The van der Waals surface area contributed by atoms with Crippen LogP contribution in [0.1, 0.15) is 49.2 Å². The highest BCUT2D eigenvalue weighted by molar-refractivity contribution is 7.15. The van der Waals surface area contributed by atoms with Crippen molar-refractivity contribution in [3.8, 4) is 0 Å². The molecule has 1 aromatic heterocycles. The maximum atomic E-state index is 12.8. The molecule has 0 aliphatic carbocycles. The Bertz CT molecular complexity index is 1180. The van der Waals surface area contributed by atoms with Gasteiger partial charge in [-0.05, 0) is 54.7 Å². The molecule has 0 saturated carbocycles. The van der Waals surface area contributed by atoms with Crippen LogP contribution in [0.3, 0.4) is 0 Å². The fourth-order valence-electron chi connectivity index (χ4n) is 4.28. The molecule has 184 valence electrons. The average molecular weight is 512 g/mol. The molecule has 0 radical (unpaired) electrons. The fraction of sp³-hybridized carbons (Fsp3) is 0.385. The molecule has 3 N–H and O–H groups in total. The number of nitrogens with zero attached hydrogens (tertiary/aromatic N) is 3. The highest BCUT2D eigenvalue weighted by Gasteiger charge is 2.35. The van der Waals surface area contributed by atoms with Crippen molar-refractivity contribution in [2.45, 2.75) is 51.5 Å². The smallest absolute Gasteiger partial charge is 0.231 e. The Labute approximate surface area is 214 Å². The van der Waals surface area contributed by atoms with Crippen LogP contribution in [0.25, 0.3) is 0 Å². The Morgan fingerprint density at radius 2 is 1.80 bits per heavy atom. The lowest BCUT2D eigenvalue weighted by Crippen LogP contribution is -2.35. The van der Waals surface area contributed by atoms with Gasteiger partial charge in [0, 0.05) is 35.6 Å². The molecule has 1 unspecified atom stereocenters. The van der Waals surface area contributed by atoms with Crippen molar-refractivity contribution < 1.29 is 9.59 Å². The summed E-state index contributed by atoms with van der Waals surface area (Å²) in [4.78, 5) is 27.2. The summed E-state index contributed by atoms with van der Waals surface area (Å²) >= 11 is 7.29. The van der Waals surface area contributed by atoms with E-state index in [1.54, 1.807) is 4.90 Å². The summed E-state index contributed by atoms with van der Waals surface area (Å²) < 4.78 is 0. The number of hydrogen-bond acceptors (Lipinski definition) is 6. The van der Waals surface area contributed by atoms with E-state index in [1.807, 2.05) is 48.5 Å². The molecule has 4 rings (SSSR count). The average Bonchev–Trinajstić information content (AvgIpc) is 3.49. The minimum absolute atomic E-state index is 0.0659. The van der Waals surface area contributed by atoms with Crippen molar-refractivity contribution >= 4 is 45.6 Å². The van der Waals surface area contributed by atoms with E-state index in [9.17, 15) is 9.59 Å². The van der Waals surface area contributed by atoms with Crippen molar-refractivity contribution in [1.29, 1.82) is 0 Å². The van der Waals surface area contributed by atoms with Crippen LogP contribution in [0.4, 0.5) is 10.8 Å². The van der Waals surface area contributed by atoms with Gasteiger partial charge in [-0.1, -0.05) is 61.1 Å². The van der Waals surface area contributed by atoms with E-state index in [-0.39, 0.29) is 23.8 Å². The van der Waals surface area contributed by atoms with E-state index in [4.69, 9.17) is 17.3 Å². The number of aromatic nitrogens is 2. The van der Waals surface area contributed by atoms with Gasteiger partial charge in [-0.25, -0.2) is 0 Å². The molecule has 1 aliphatic heterocycles. The van der Waals surface area contributed by atoms with E-state index in [1.165, 1.54) is 11.3 Å². The number of hydrogen-bond donors (Lipinski definition) is 2. The molecule has 1 saturated heterocycles. The monoisotopic (exact) mass is 511 g/mol. The molecule has 2 aromatic carbocycles. The number of anilines is 2. The minimum atomic E-state index is -0.441. The Morgan fingerprint density at radius 3 is 2.46 bits per heavy atom. The molecule has 9 heteroatoms. The van der Waals surface area contributed by atoms with Crippen molar-refractivity contribution in [3.63, 3.8) is 0 Å². The summed E-state index contributed by atoms with van der Waals surface area (Å²) in [7, 11) is 0. The molecule has 1 atom stereocenters. The minimum Gasteiger partial charge on any atom is -0.321 e. The number of nitrogens with two attached hydrogens (primary N) is 1. The first-order valence-electron chi connectivity index (χ1n) is 11.9. The molecule has 0 spiro atoms. The summed E-state index contributed by atoms with van der Waals surface area (Å²) in [5, 5.41) is 13.1. The Kier molecular flexibility index (Phi) is 7.84. The Balaban J connectivity index is 1.33. The molecule has 2 amide bonds. The molecule has 7 nitrogen and oxygen atoms in total. The molecule has 1 fully saturated rings. The van der Waals surface area contributed by atoms with Crippen LogP contribution < -0.4 is 16.0 Å². The summed E-state index contributed by atoms with van der Waals surface area (Å²) in [5.41, 5.74) is 9.12. The van der Waals surface area contributed by atoms with Crippen molar-refractivity contribution in [2.75, 3.05) is 16.8 Å². The molecular formula is C26H30ClN5O2S. The lowest BCUT2D eigenvalue weighted by atomic mass is 9.86. The predicted molar refractivity (Wildman–Crippen MR) is 141 cm³/mol. The third-order valence-corrected chi connectivity index (χ3v) is 7.90. The lowest BCUT2D eigenvalue weighted by Gasteiger charge is -2.28. The summed E-state index contributed by atoms with van der Waals surface area (Å²) in [6.45, 7) is 4.48. The molecule has 3 aromatic rings. The number of aryl methyl sites for hydroxylation is 2. The van der Waals surface area contributed by atoms with Crippen LogP contribution in [-0.2, 0) is 28.0 Å². The van der Waals surface area contributed by atoms with Gasteiger partial charge in [0.05, 0.1) is 5.92 Å². The fourth-order valence-corrected chi connectivity index (χ4v) is 5.15. The number of halogens is 1. The number of carbonyl (C=O) groups is 2. The van der Waals surface area contributed by atoms with E-state index in [0.717, 1.165) is 47.5 Å². The molecule has 35 heavy (non-hydrogen) atoms. The summed E-state index contributed by atoms with van der Waals surface area (Å²) in [6, 6.07) is 15.5. The maximum absolute atomic E-state index is 12.8. The Hall–Kier alpha value is -2.81. The quantitative estimate of drug-likeness (QED) is 0.423. The maximum Gasteiger partial charge on any atom is 0.231 e. The van der Waals surface area contributed by atoms with Gasteiger partial charge in [0.25, 0.3) is 0 Å². The van der Waals surface area contributed by atoms with E-state index >= 15 is 0 Å². The topological polar surface area (TPSA) is 101 Å². The van der Waals surface area contributed by atoms with E-state index in [0.29, 0.717) is 16.7 Å². The van der Waals surface area contributed by atoms with Crippen LogP contribution >= 0.6 is 22.9 Å². The van der Waals surface area contributed by atoms with Crippen LogP contribution in [0.2, 0.25) is 5.02 Å². The Morgan fingerprint density at radius 1 is 1.11 bits per heavy atom. The third kappa shape index (κ3) is 5.89. The summed E-state index contributed by atoms with van der Waals surface area (Å²) in [5.74, 6) is -0.719. The highest BCUT2D eigenvalue weighted by atomic mass is 35.5. The van der Waals surface area contributed by atoms with Gasteiger partial charge in [0.2, 0.25) is 16.9 Å².